The number of nitrogens with zero attached hydrogens (tertiary/aromatic N) is 2. The van der Waals surface area contributed by atoms with E-state index in [0.717, 1.165) is 0 Å². The molecule has 8 heteroatoms. The molecule has 36 heavy (non-hydrogen) atoms. The second-order valence-corrected chi connectivity index (χ2v) is 75.2. The van der Waals surface area contributed by atoms with Crippen LogP contribution in [0.25, 0.3) is 0 Å². The molecule has 1 rings (SSSR count). The Morgan fingerprint density at radius 3 is 1.03 bits per heavy atom. The van der Waals surface area contributed by atoms with E-state index in [2.05, 4.69) is 126 Å². The molecule has 0 aromatic carbocycles. The van der Waals surface area contributed by atoms with E-state index in [1.165, 1.54) is 14.2 Å². The van der Waals surface area contributed by atoms with Gasteiger partial charge in [0, 0.05) is 69.6 Å². The van der Waals surface area contributed by atoms with Crippen LogP contribution in [0.2, 0.25) is 74.0 Å². The van der Waals surface area contributed by atoms with Crippen molar-refractivity contribution < 1.29 is 0 Å². The first kappa shape index (κ1) is 36.3. The van der Waals surface area contributed by atoms with Gasteiger partial charge in [0.1, 0.15) is 0 Å². The highest BCUT2D eigenvalue weighted by Crippen LogP contribution is 2.63. The summed E-state index contributed by atoms with van der Waals surface area (Å²) in [6.07, 6.45) is 2.22. The van der Waals surface area contributed by atoms with E-state index >= 15 is 0 Å². The Labute approximate surface area is 234 Å². The molecule has 0 unspecified atom stereocenters. The van der Waals surface area contributed by atoms with Crippen LogP contribution in [0.1, 0.15) is 62.3 Å². The molecule has 0 saturated heterocycles. The highest BCUT2D eigenvalue weighted by molar-refractivity contribution is 8.06. The molecule has 0 amide bonds. The average Bonchev–Trinajstić information content (AvgIpc) is 2.56. The molecule has 2 nitrogen and oxygen atoms in total. The minimum Gasteiger partial charge on any atom is -0.378 e. The normalized spacial score (nSPS) is 14.8. The summed E-state index contributed by atoms with van der Waals surface area (Å²) in [5, 5.41) is 1.33. The van der Waals surface area contributed by atoms with Crippen molar-refractivity contribution in [2.45, 2.75) is 136 Å². The van der Waals surface area contributed by atoms with Gasteiger partial charge in [0.25, 0.3) is 0 Å². The fraction of sp³-hybridized carbons (Fsp3) is 0.821. The smallest absolute Gasteiger partial charge is 0.0540 e. The van der Waals surface area contributed by atoms with Crippen LogP contribution in [0.4, 0.5) is 5.69 Å². The first-order valence-electron chi connectivity index (χ1n) is 13.9. The van der Waals surface area contributed by atoms with Crippen LogP contribution in [0.15, 0.2) is 24.5 Å². The molecule has 0 saturated carbocycles. The monoisotopic (exact) mass is 596 g/mol. The fourth-order valence-electron chi connectivity index (χ4n) is 8.80. The first-order valence-corrected chi connectivity index (χ1v) is 34.4. The fourth-order valence-corrected chi connectivity index (χ4v) is 185. The average molecular weight is 597 g/mol. The van der Waals surface area contributed by atoms with Gasteiger partial charge in [-0.1, -0.05) is 121 Å². The van der Waals surface area contributed by atoms with E-state index < -0.39 is 36.5 Å². The van der Waals surface area contributed by atoms with Crippen molar-refractivity contribution in [2.75, 3.05) is 19.0 Å². The predicted octanol–water partition coefficient (Wildman–Crippen LogP) is 9.38. The second-order valence-electron chi connectivity index (χ2n) is 17.2. The Kier molecular flexibility index (Phi) is 11.5. The molecule has 1 aromatic rings. The van der Waals surface area contributed by atoms with Gasteiger partial charge in [-0.2, -0.15) is 0 Å². The van der Waals surface area contributed by atoms with Crippen LogP contribution in [-0.2, 0) is 0 Å². The van der Waals surface area contributed by atoms with Crippen molar-refractivity contribution in [3.05, 3.63) is 24.5 Å². The van der Waals surface area contributed by atoms with Gasteiger partial charge >= 0.3 is 0 Å². The summed E-state index contributed by atoms with van der Waals surface area (Å²) in [6.45, 7) is 48.7. The quantitative estimate of drug-likeness (QED) is 0.304. The van der Waals surface area contributed by atoms with Crippen LogP contribution < -0.4 is 4.90 Å². The van der Waals surface area contributed by atoms with E-state index in [9.17, 15) is 0 Å². The maximum atomic E-state index is 3.90. The molecule has 0 spiro atoms. The molecule has 210 valence electrons. The zero-order valence-corrected chi connectivity index (χ0v) is 34.2. The summed E-state index contributed by atoms with van der Waals surface area (Å²) in [6, 6.07) is 3.94. The number of pyridine rings is 1. The number of rotatable bonds is 6. The van der Waals surface area contributed by atoms with Gasteiger partial charge in [0.15, 0.2) is 0 Å². The molecule has 0 aliphatic carbocycles. The third-order valence-electron chi connectivity index (χ3n) is 8.30. The summed E-state index contributed by atoms with van der Waals surface area (Å²) >= 11 is 0. The Morgan fingerprint density at radius 1 is 0.583 bits per heavy atom. The molecular formula is C28H64N2Si6. The summed E-state index contributed by atoms with van der Waals surface area (Å²) in [4.78, 5) is 5.94. The SMILES string of the molecule is CC(C)(C)[Si]([Si][Si]([Si](C)(C)C)([Si](C)(C)C)[Si](C)(C)C)(C(C)(C)C)C(C)(C)C.CN(C)c1ccncc1. The van der Waals surface area contributed by atoms with Gasteiger partial charge in [-0.15, -0.1) is 0 Å². The maximum Gasteiger partial charge on any atom is 0.0540 e. The van der Waals surface area contributed by atoms with Crippen molar-refractivity contribution in [2.24, 2.45) is 0 Å². The first-order chi connectivity index (χ1) is 15.5. The Balaban J connectivity index is 0.00000113. The van der Waals surface area contributed by atoms with E-state index in [0.29, 0.717) is 15.1 Å². The van der Waals surface area contributed by atoms with Crippen LogP contribution in [0, 0.1) is 0 Å². The van der Waals surface area contributed by atoms with Crippen molar-refractivity contribution in [3.63, 3.8) is 0 Å². The largest absolute Gasteiger partial charge is 0.378 e. The van der Waals surface area contributed by atoms with E-state index in [-0.39, 0.29) is 0 Å². The van der Waals surface area contributed by atoms with Crippen molar-refractivity contribution in [1.82, 2.24) is 4.98 Å². The Bertz CT molecular complexity index is 692. The van der Waals surface area contributed by atoms with Gasteiger partial charge in [-0.3, -0.25) is 4.98 Å². The summed E-state index contributed by atoms with van der Waals surface area (Å²) in [5.74, 6) is 0. The van der Waals surface area contributed by atoms with Gasteiger partial charge in [-0.05, 0) is 27.2 Å². The zero-order valence-electron chi connectivity index (χ0n) is 28.2. The van der Waals surface area contributed by atoms with Crippen molar-refractivity contribution >= 4 is 50.8 Å². The van der Waals surface area contributed by atoms with Crippen LogP contribution in [0.3, 0.4) is 0 Å². The van der Waals surface area contributed by atoms with Gasteiger partial charge < -0.3 is 4.90 Å². The minimum atomic E-state index is -1.67. The molecule has 0 bridgehead atoms. The molecule has 0 aliphatic rings. The second kappa shape index (κ2) is 11.4. The number of aromatic nitrogens is 1. The number of hydrogen-bond acceptors (Lipinski definition) is 2. The van der Waals surface area contributed by atoms with E-state index in [1.54, 1.807) is 12.4 Å². The molecule has 2 radical (unpaired) electrons. The molecule has 0 N–H and O–H groups in total. The van der Waals surface area contributed by atoms with Crippen molar-refractivity contribution in [1.29, 1.82) is 0 Å². The van der Waals surface area contributed by atoms with Gasteiger partial charge in [0.05, 0.1) is 7.59 Å². The zero-order chi connectivity index (χ0) is 29.4. The highest BCUT2D eigenvalue weighted by Gasteiger charge is 2.69. The molecule has 0 aliphatic heterocycles. The standard InChI is InChI=1S/C21H54Si6.C7H10N2/c1-19(2,3)26(20(4,5)6,21(7,8)9)22-27(23(10,11)12,24(13,14)15)25(16,17)18;1-9(2)7-3-5-8-6-4-7/h1-18H3;3-6H,1-2H3. The predicted molar refractivity (Wildman–Crippen MR) is 185 cm³/mol. The summed E-state index contributed by atoms with van der Waals surface area (Å²) in [5.41, 5.74) is 1.19. The van der Waals surface area contributed by atoms with Crippen LogP contribution in [0.5, 0.6) is 0 Å². The maximum absolute atomic E-state index is 3.90. The minimum absolute atomic E-state index is 0.444. The molecule has 0 fully saturated rings. The summed E-state index contributed by atoms with van der Waals surface area (Å²) in [7, 11) is -0.0600. The molecule has 1 aromatic heterocycles. The molecule has 1 heterocycles. The highest BCUT2D eigenvalue weighted by atomic mass is 30.2. The Hall–Kier alpha value is 0.251. The van der Waals surface area contributed by atoms with Crippen LogP contribution >= 0.6 is 0 Å². The lowest BCUT2D eigenvalue weighted by molar-refractivity contribution is 0.556. The van der Waals surface area contributed by atoms with E-state index in [4.69, 9.17) is 0 Å². The topological polar surface area (TPSA) is 16.1 Å². The van der Waals surface area contributed by atoms with Crippen LogP contribution in [-0.4, -0.2) is 64.1 Å². The lowest BCUT2D eigenvalue weighted by atomic mass is 10.2. The third-order valence-corrected chi connectivity index (χ3v) is 129. The Morgan fingerprint density at radius 2 is 0.861 bits per heavy atom. The molecular weight excluding hydrogens is 533 g/mol. The van der Waals surface area contributed by atoms with Gasteiger partial charge in [-0.25, -0.2) is 0 Å². The number of anilines is 1. The number of hydrogen-bond donors (Lipinski definition) is 0. The van der Waals surface area contributed by atoms with Gasteiger partial charge in [0.2, 0.25) is 0 Å². The summed E-state index contributed by atoms with van der Waals surface area (Å²) < 4.78 is 0. The molecule has 0 atom stereocenters. The van der Waals surface area contributed by atoms with E-state index in [1.807, 2.05) is 31.1 Å². The lowest BCUT2D eigenvalue weighted by Gasteiger charge is -2.68. The third kappa shape index (κ3) is 7.25. The van der Waals surface area contributed by atoms with Crippen molar-refractivity contribution in [3.8, 4) is 0 Å². The lowest BCUT2D eigenvalue weighted by Crippen LogP contribution is -2.91.